The van der Waals surface area contributed by atoms with Gasteiger partial charge in [-0.25, -0.2) is 4.79 Å². The number of carbonyl (C=O) groups excluding carboxylic acids is 2. The highest BCUT2D eigenvalue weighted by Gasteiger charge is 2.33. The number of rotatable bonds is 3. The van der Waals surface area contributed by atoms with Crippen molar-refractivity contribution in [2.75, 3.05) is 0 Å². The standard InChI is InChI=1S/C19H21NO3S/c1-11-17-14(9-12(10-15(17)21)16-7-4-8-24-16)20-18(11)19(22)23-13-5-2-3-6-13/h4,7-8,12-13,20H,2-3,5-6,9-10H2,1H3/t12-/m1/s1. The molecule has 0 aliphatic heterocycles. The van der Waals surface area contributed by atoms with Crippen LogP contribution in [0.25, 0.3) is 0 Å². The lowest BCUT2D eigenvalue weighted by Crippen LogP contribution is -2.17. The minimum Gasteiger partial charge on any atom is -0.458 e. The molecule has 1 saturated carbocycles. The van der Waals surface area contributed by atoms with Gasteiger partial charge in [0.1, 0.15) is 11.8 Å². The van der Waals surface area contributed by atoms with Crippen LogP contribution in [0, 0.1) is 6.92 Å². The van der Waals surface area contributed by atoms with E-state index < -0.39 is 0 Å². The van der Waals surface area contributed by atoms with Crippen LogP contribution in [0.5, 0.6) is 0 Å². The Morgan fingerprint density at radius 2 is 2.08 bits per heavy atom. The molecule has 126 valence electrons. The first-order valence-electron chi connectivity index (χ1n) is 8.62. The first-order chi connectivity index (χ1) is 11.6. The Balaban J connectivity index is 1.60. The van der Waals surface area contributed by atoms with Crippen LogP contribution in [0.4, 0.5) is 0 Å². The molecule has 0 unspecified atom stereocenters. The van der Waals surface area contributed by atoms with E-state index in [2.05, 4.69) is 11.1 Å². The van der Waals surface area contributed by atoms with E-state index in [-0.39, 0.29) is 23.8 Å². The van der Waals surface area contributed by atoms with Gasteiger partial charge in [-0.05, 0) is 56.0 Å². The van der Waals surface area contributed by atoms with Crippen molar-refractivity contribution in [2.24, 2.45) is 0 Å². The number of H-pyrrole nitrogens is 1. The summed E-state index contributed by atoms with van der Waals surface area (Å²) in [5.74, 6) is 0.0272. The number of carbonyl (C=O) groups is 2. The highest BCUT2D eigenvalue weighted by atomic mass is 32.1. The van der Waals surface area contributed by atoms with Gasteiger partial charge in [-0.2, -0.15) is 0 Å². The molecule has 0 saturated heterocycles. The maximum atomic E-state index is 12.6. The van der Waals surface area contributed by atoms with Crippen LogP contribution in [-0.2, 0) is 11.2 Å². The number of thiophene rings is 1. The lowest BCUT2D eigenvalue weighted by Gasteiger charge is -2.20. The average molecular weight is 343 g/mol. The molecule has 4 rings (SSSR count). The second-order valence-electron chi connectivity index (χ2n) is 6.83. The molecule has 0 bridgehead atoms. The number of aromatic amines is 1. The topological polar surface area (TPSA) is 59.2 Å². The molecule has 0 amide bonds. The lowest BCUT2D eigenvalue weighted by atomic mass is 9.84. The Morgan fingerprint density at radius 1 is 1.29 bits per heavy atom. The summed E-state index contributed by atoms with van der Waals surface area (Å²) >= 11 is 1.69. The predicted octanol–water partition coefficient (Wildman–Crippen LogP) is 4.40. The molecule has 1 fully saturated rings. The van der Waals surface area contributed by atoms with E-state index in [9.17, 15) is 9.59 Å². The second-order valence-corrected chi connectivity index (χ2v) is 7.81. The molecule has 5 heteroatoms. The molecule has 1 atom stereocenters. The Bertz CT molecular complexity index is 769. The van der Waals surface area contributed by atoms with E-state index in [1.165, 1.54) is 4.88 Å². The van der Waals surface area contributed by atoms with Crippen LogP contribution < -0.4 is 0 Å². The van der Waals surface area contributed by atoms with Gasteiger partial charge in [0, 0.05) is 28.5 Å². The van der Waals surface area contributed by atoms with Crippen LogP contribution >= 0.6 is 11.3 Å². The van der Waals surface area contributed by atoms with Gasteiger partial charge in [-0.3, -0.25) is 4.79 Å². The predicted molar refractivity (Wildman–Crippen MR) is 92.9 cm³/mol. The van der Waals surface area contributed by atoms with Gasteiger partial charge in [0.25, 0.3) is 0 Å². The van der Waals surface area contributed by atoms with Crippen LogP contribution in [0.15, 0.2) is 17.5 Å². The van der Waals surface area contributed by atoms with Crippen molar-refractivity contribution in [3.05, 3.63) is 44.9 Å². The molecule has 4 nitrogen and oxygen atoms in total. The molecule has 0 radical (unpaired) electrons. The molecule has 0 spiro atoms. The number of aromatic nitrogens is 1. The summed E-state index contributed by atoms with van der Waals surface area (Å²) in [6, 6.07) is 4.10. The van der Waals surface area contributed by atoms with Crippen molar-refractivity contribution >= 4 is 23.1 Å². The lowest BCUT2D eigenvalue weighted by molar-refractivity contribution is 0.0310. The van der Waals surface area contributed by atoms with Crippen LogP contribution in [0.3, 0.4) is 0 Å². The number of Topliss-reactive ketones (excluding diaryl/α,β-unsaturated/α-hetero) is 1. The zero-order chi connectivity index (χ0) is 16.7. The molecule has 2 aliphatic rings. The molecule has 2 aromatic heterocycles. The van der Waals surface area contributed by atoms with Crippen LogP contribution in [0.1, 0.15) is 75.0 Å². The first kappa shape index (κ1) is 15.6. The largest absolute Gasteiger partial charge is 0.458 e. The number of hydrogen-bond donors (Lipinski definition) is 1. The van der Waals surface area contributed by atoms with E-state index in [1.807, 2.05) is 18.4 Å². The molecule has 0 aromatic carbocycles. The third-order valence-corrected chi connectivity index (χ3v) is 6.25. The number of esters is 1. The molecular formula is C19H21NO3S. The fourth-order valence-corrected chi connectivity index (χ4v) is 4.81. The Morgan fingerprint density at radius 3 is 2.79 bits per heavy atom. The second kappa shape index (κ2) is 6.20. The number of hydrogen-bond acceptors (Lipinski definition) is 4. The van der Waals surface area contributed by atoms with Gasteiger partial charge in [0.15, 0.2) is 5.78 Å². The van der Waals surface area contributed by atoms with E-state index in [1.54, 1.807) is 11.3 Å². The van der Waals surface area contributed by atoms with Gasteiger partial charge < -0.3 is 9.72 Å². The summed E-state index contributed by atoms with van der Waals surface area (Å²) in [4.78, 5) is 29.6. The Hall–Kier alpha value is -1.88. The summed E-state index contributed by atoms with van der Waals surface area (Å²) in [5, 5.41) is 2.04. The van der Waals surface area contributed by atoms with Gasteiger partial charge in [0.2, 0.25) is 0 Å². The van der Waals surface area contributed by atoms with E-state index in [4.69, 9.17) is 4.74 Å². The van der Waals surface area contributed by atoms with Crippen LogP contribution in [0.2, 0.25) is 0 Å². The average Bonchev–Trinajstić information content (AvgIpc) is 3.28. The fraction of sp³-hybridized carbons (Fsp3) is 0.474. The SMILES string of the molecule is Cc1c(C(=O)OC2CCCC2)[nH]c2c1C(=O)C[C@H](c1cccs1)C2. The van der Waals surface area contributed by atoms with Crippen molar-refractivity contribution in [3.63, 3.8) is 0 Å². The zero-order valence-electron chi connectivity index (χ0n) is 13.8. The van der Waals surface area contributed by atoms with Gasteiger partial charge in [-0.1, -0.05) is 6.07 Å². The molecule has 24 heavy (non-hydrogen) atoms. The first-order valence-corrected chi connectivity index (χ1v) is 9.50. The van der Waals surface area contributed by atoms with E-state index >= 15 is 0 Å². The maximum Gasteiger partial charge on any atom is 0.355 e. The van der Waals surface area contributed by atoms with Gasteiger partial charge >= 0.3 is 5.97 Å². The third-order valence-electron chi connectivity index (χ3n) is 5.21. The molecular weight excluding hydrogens is 322 g/mol. The highest BCUT2D eigenvalue weighted by molar-refractivity contribution is 7.10. The number of ketones is 1. The summed E-state index contributed by atoms with van der Waals surface area (Å²) in [5.41, 5.74) is 2.82. The van der Waals surface area contributed by atoms with Crippen molar-refractivity contribution in [1.82, 2.24) is 4.98 Å². The molecule has 2 aliphatic carbocycles. The monoisotopic (exact) mass is 343 g/mol. The Kier molecular flexibility index (Phi) is 4.04. The highest BCUT2D eigenvalue weighted by Crippen LogP contribution is 2.37. The number of ether oxygens (including phenoxy) is 1. The van der Waals surface area contributed by atoms with Crippen molar-refractivity contribution in [1.29, 1.82) is 0 Å². The summed E-state index contributed by atoms with van der Waals surface area (Å²) < 4.78 is 5.61. The normalized spacial score (nSPS) is 21.0. The third kappa shape index (κ3) is 2.71. The quantitative estimate of drug-likeness (QED) is 0.841. The van der Waals surface area contributed by atoms with E-state index in [0.29, 0.717) is 17.7 Å². The smallest absolute Gasteiger partial charge is 0.355 e. The van der Waals surface area contributed by atoms with Crippen molar-refractivity contribution < 1.29 is 14.3 Å². The van der Waals surface area contributed by atoms with E-state index in [0.717, 1.165) is 43.4 Å². The number of nitrogens with one attached hydrogen (secondary N) is 1. The van der Waals surface area contributed by atoms with Gasteiger partial charge in [-0.15, -0.1) is 11.3 Å². The minimum atomic E-state index is -0.311. The van der Waals surface area contributed by atoms with Gasteiger partial charge in [0.05, 0.1) is 0 Å². The maximum absolute atomic E-state index is 12.6. The van der Waals surface area contributed by atoms with Crippen molar-refractivity contribution in [3.8, 4) is 0 Å². The summed E-state index contributed by atoms with van der Waals surface area (Å²) in [6.45, 7) is 1.85. The number of fused-ring (bicyclic) bond motifs is 1. The summed E-state index contributed by atoms with van der Waals surface area (Å²) in [7, 11) is 0. The molecule has 2 heterocycles. The molecule has 1 N–H and O–H groups in total. The Labute approximate surface area is 145 Å². The zero-order valence-corrected chi connectivity index (χ0v) is 14.6. The molecule has 2 aromatic rings. The van der Waals surface area contributed by atoms with Crippen LogP contribution in [-0.4, -0.2) is 22.8 Å². The minimum absolute atomic E-state index is 0.0341. The van der Waals surface area contributed by atoms with Crippen molar-refractivity contribution in [2.45, 2.75) is 57.5 Å². The fourth-order valence-electron chi connectivity index (χ4n) is 3.98. The summed E-state index contributed by atoms with van der Waals surface area (Å²) in [6.07, 6.45) is 5.47.